The molecule has 1 aliphatic carbocycles. The second-order valence-corrected chi connectivity index (χ2v) is 6.54. The van der Waals surface area contributed by atoms with Crippen molar-refractivity contribution in [1.29, 1.82) is 0 Å². The van der Waals surface area contributed by atoms with Crippen LogP contribution in [0.15, 0.2) is 42.7 Å². The molecule has 1 fully saturated rings. The molecular formula is C20H20N4O3. The van der Waals surface area contributed by atoms with E-state index in [2.05, 4.69) is 15.4 Å². The summed E-state index contributed by atoms with van der Waals surface area (Å²) >= 11 is 0. The van der Waals surface area contributed by atoms with Crippen molar-refractivity contribution in [2.75, 3.05) is 11.9 Å². The van der Waals surface area contributed by atoms with Gasteiger partial charge in [0.1, 0.15) is 5.56 Å². The van der Waals surface area contributed by atoms with Gasteiger partial charge in [-0.15, -0.1) is 0 Å². The number of carbonyl (C=O) groups excluding carboxylic acids is 2. The maximum atomic E-state index is 12.2. The number of hydrogen-bond donors (Lipinski definition) is 1. The minimum Gasteiger partial charge on any atom is -0.462 e. The van der Waals surface area contributed by atoms with E-state index in [4.69, 9.17) is 4.74 Å². The summed E-state index contributed by atoms with van der Waals surface area (Å²) in [4.78, 5) is 28.6. The lowest BCUT2D eigenvalue weighted by Gasteiger charge is -2.24. The standard InChI is InChI=1S/C20H20N4O3/c1-2-27-20(26)16-12-22-24-17(9-10-21-18(16)24)14-7-4-8-15(11-14)23-19(25)13-5-3-6-13/h4,7-13H,2-3,5-6H2,1H3,(H,23,25). The average Bonchev–Trinajstić information content (AvgIpc) is 3.04. The highest BCUT2D eigenvalue weighted by Crippen LogP contribution is 2.29. The van der Waals surface area contributed by atoms with Gasteiger partial charge in [0, 0.05) is 23.4 Å². The molecule has 0 radical (unpaired) electrons. The van der Waals surface area contributed by atoms with Gasteiger partial charge in [-0.1, -0.05) is 18.6 Å². The molecule has 1 amide bonds. The predicted octanol–water partition coefficient (Wildman–Crippen LogP) is 3.31. The first-order valence-electron chi connectivity index (χ1n) is 9.08. The molecule has 27 heavy (non-hydrogen) atoms. The number of anilines is 1. The molecule has 0 unspecified atom stereocenters. The van der Waals surface area contributed by atoms with Crippen molar-refractivity contribution >= 4 is 23.2 Å². The van der Waals surface area contributed by atoms with E-state index in [0.717, 1.165) is 36.2 Å². The van der Waals surface area contributed by atoms with Gasteiger partial charge in [-0.3, -0.25) is 4.79 Å². The minimum atomic E-state index is -0.446. The van der Waals surface area contributed by atoms with Crippen molar-refractivity contribution in [3.63, 3.8) is 0 Å². The van der Waals surface area contributed by atoms with Crippen molar-refractivity contribution < 1.29 is 14.3 Å². The molecule has 7 heteroatoms. The Morgan fingerprint density at radius 1 is 1.30 bits per heavy atom. The van der Waals surface area contributed by atoms with Crippen LogP contribution in [0, 0.1) is 5.92 Å². The molecule has 1 saturated carbocycles. The van der Waals surface area contributed by atoms with E-state index in [9.17, 15) is 9.59 Å². The fourth-order valence-electron chi connectivity index (χ4n) is 3.13. The van der Waals surface area contributed by atoms with Gasteiger partial charge < -0.3 is 10.1 Å². The third-order valence-electron chi connectivity index (χ3n) is 4.80. The van der Waals surface area contributed by atoms with Crippen LogP contribution in [0.2, 0.25) is 0 Å². The Morgan fingerprint density at radius 3 is 2.89 bits per heavy atom. The van der Waals surface area contributed by atoms with Crippen LogP contribution in [0.25, 0.3) is 16.9 Å². The van der Waals surface area contributed by atoms with Crippen LogP contribution in [-0.2, 0) is 9.53 Å². The lowest BCUT2D eigenvalue weighted by atomic mass is 9.85. The van der Waals surface area contributed by atoms with E-state index in [-0.39, 0.29) is 11.8 Å². The molecule has 3 aromatic rings. The van der Waals surface area contributed by atoms with Gasteiger partial charge in [0.25, 0.3) is 0 Å². The molecule has 0 atom stereocenters. The van der Waals surface area contributed by atoms with Crippen LogP contribution >= 0.6 is 0 Å². The van der Waals surface area contributed by atoms with E-state index in [1.807, 2.05) is 30.3 Å². The summed E-state index contributed by atoms with van der Waals surface area (Å²) < 4.78 is 6.67. The second kappa shape index (κ2) is 7.19. The van der Waals surface area contributed by atoms with E-state index >= 15 is 0 Å². The molecular weight excluding hydrogens is 344 g/mol. The fraction of sp³-hybridized carbons (Fsp3) is 0.300. The van der Waals surface area contributed by atoms with Crippen LogP contribution < -0.4 is 5.32 Å². The third kappa shape index (κ3) is 3.28. The molecule has 138 valence electrons. The topological polar surface area (TPSA) is 85.6 Å². The van der Waals surface area contributed by atoms with E-state index < -0.39 is 5.97 Å². The first-order chi connectivity index (χ1) is 13.2. The SMILES string of the molecule is CCOC(=O)c1cnn2c(-c3cccc(NC(=O)C4CCC4)c3)ccnc12. The highest BCUT2D eigenvalue weighted by atomic mass is 16.5. The highest BCUT2D eigenvalue weighted by molar-refractivity contribution is 5.96. The van der Waals surface area contributed by atoms with E-state index in [1.165, 1.54) is 6.20 Å². The van der Waals surface area contributed by atoms with Gasteiger partial charge in [-0.05, 0) is 38.0 Å². The number of carbonyl (C=O) groups is 2. The van der Waals surface area contributed by atoms with Crippen molar-refractivity contribution in [2.24, 2.45) is 5.92 Å². The lowest BCUT2D eigenvalue weighted by molar-refractivity contribution is -0.122. The van der Waals surface area contributed by atoms with Gasteiger partial charge in [0.15, 0.2) is 5.65 Å². The molecule has 1 aliphatic rings. The Morgan fingerprint density at radius 2 is 2.15 bits per heavy atom. The van der Waals surface area contributed by atoms with E-state index in [1.54, 1.807) is 17.6 Å². The van der Waals surface area contributed by atoms with Crippen molar-refractivity contribution in [2.45, 2.75) is 26.2 Å². The van der Waals surface area contributed by atoms with Gasteiger partial charge >= 0.3 is 5.97 Å². The van der Waals surface area contributed by atoms with Crippen LogP contribution in [0.5, 0.6) is 0 Å². The van der Waals surface area contributed by atoms with Gasteiger partial charge in [-0.25, -0.2) is 14.3 Å². The van der Waals surface area contributed by atoms with Crippen LogP contribution in [0.3, 0.4) is 0 Å². The average molecular weight is 364 g/mol. The number of ether oxygens (including phenoxy) is 1. The Hall–Kier alpha value is -3.22. The maximum absolute atomic E-state index is 12.2. The second-order valence-electron chi connectivity index (χ2n) is 6.54. The quantitative estimate of drug-likeness (QED) is 0.702. The summed E-state index contributed by atoms with van der Waals surface area (Å²) in [5.41, 5.74) is 3.15. The first kappa shape index (κ1) is 17.2. The number of esters is 1. The summed E-state index contributed by atoms with van der Waals surface area (Å²) in [5.74, 6) is -0.250. The van der Waals surface area contributed by atoms with Crippen LogP contribution in [0.4, 0.5) is 5.69 Å². The molecule has 7 nitrogen and oxygen atoms in total. The highest BCUT2D eigenvalue weighted by Gasteiger charge is 2.25. The Balaban J connectivity index is 1.67. The number of aromatic nitrogens is 3. The Labute approximate surface area is 156 Å². The number of nitrogens with zero attached hydrogens (tertiary/aromatic N) is 3. The number of nitrogens with one attached hydrogen (secondary N) is 1. The summed E-state index contributed by atoms with van der Waals surface area (Å²) in [5, 5.41) is 7.29. The third-order valence-corrected chi connectivity index (χ3v) is 4.80. The molecule has 2 aromatic heterocycles. The maximum Gasteiger partial charge on any atom is 0.343 e. The Kier molecular flexibility index (Phi) is 4.58. The summed E-state index contributed by atoms with van der Waals surface area (Å²) in [7, 11) is 0. The number of benzene rings is 1. The monoisotopic (exact) mass is 364 g/mol. The molecule has 0 bridgehead atoms. The fourth-order valence-corrected chi connectivity index (χ4v) is 3.13. The molecule has 4 rings (SSSR count). The van der Waals surface area contributed by atoms with Gasteiger partial charge in [0.05, 0.1) is 18.5 Å². The number of hydrogen-bond acceptors (Lipinski definition) is 5. The van der Waals surface area contributed by atoms with Crippen molar-refractivity contribution in [1.82, 2.24) is 14.6 Å². The number of fused-ring (bicyclic) bond motifs is 1. The zero-order chi connectivity index (χ0) is 18.8. The Bertz CT molecular complexity index is 1010. The molecule has 0 aliphatic heterocycles. The predicted molar refractivity (Wildman–Crippen MR) is 100 cm³/mol. The molecule has 1 N–H and O–H groups in total. The largest absolute Gasteiger partial charge is 0.462 e. The number of rotatable bonds is 5. The smallest absolute Gasteiger partial charge is 0.343 e. The zero-order valence-electron chi connectivity index (χ0n) is 15.0. The lowest BCUT2D eigenvalue weighted by Crippen LogP contribution is -2.27. The van der Waals surface area contributed by atoms with Crippen molar-refractivity contribution in [3.8, 4) is 11.3 Å². The normalized spacial score (nSPS) is 14.0. The summed E-state index contributed by atoms with van der Waals surface area (Å²) in [6.07, 6.45) is 6.14. The molecule has 2 heterocycles. The van der Waals surface area contributed by atoms with Gasteiger partial charge in [-0.2, -0.15) is 5.10 Å². The molecule has 1 aromatic carbocycles. The first-order valence-corrected chi connectivity index (χ1v) is 9.08. The van der Waals surface area contributed by atoms with Crippen molar-refractivity contribution in [3.05, 3.63) is 48.3 Å². The van der Waals surface area contributed by atoms with Crippen LogP contribution in [0.1, 0.15) is 36.5 Å². The molecule has 0 saturated heterocycles. The van der Waals surface area contributed by atoms with Crippen LogP contribution in [-0.4, -0.2) is 33.1 Å². The van der Waals surface area contributed by atoms with Gasteiger partial charge in [0.2, 0.25) is 5.91 Å². The minimum absolute atomic E-state index is 0.0713. The number of amides is 1. The van der Waals surface area contributed by atoms with E-state index in [0.29, 0.717) is 17.8 Å². The summed E-state index contributed by atoms with van der Waals surface area (Å²) in [6.45, 7) is 2.05. The zero-order valence-corrected chi connectivity index (χ0v) is 15.0. The summed E-state index contributed by atoms with van der Waals surface area (Å²) in [6, 6.07) is 9.40. The molecule has 0 spiro atoms.